The van der Waals surface area contributed by atoms with Crippen LogP contribution in [0.15, 0.2) is 65.5 Å². The zero-order valence-corrected chi connectivity index (χ0v) is 13.7. The number of nitrogens with one attached hydrogen (secondary N) is 1. The second-order valence-corrected chi connectivity index (χ2v) is 5.86. The molecule has 4 nitrogen and oxygen atoms in total. The summed E-state index contributed by atoms with van der Waals surface area (Å²) in [5.74, 6) is -0.149. The standard InChI is InChI=1S/C20H20N2O2/c1-15-13-17-9-5-6-10-18(17)22(20(15)24)14-19(23)21-12-11-16-7-3-2-4-8-16/h2-10,13H,11-12,14H2,1H3,(H,21,23). The van der Waals surface area contributed by atoms with Crippen LogP contribution >= 0.6 is 0 Å². The van der Waals surface area contributed by atoms with E-state index in [2.05, 4.69) is 5.32 Å². The van der Waals surface area contributed by atoms with Gasteiger partial charge in [0.05, 0.1) is 5.52 Å². The summed E-state index contributed by atoms with van der Waals surface area (Å²) < 4.78 is 1.54. The first-order valence-electron chi connectivity index (χ1n) is 8.05. The molecule has 0 atom stereocenters. The number of fused-ring (bicyclic) bond motifs is 1. The predicted molar refractivity (Wildman–Crippen MR) is 96.1 cm³/mol. The zero-order chi connectivity index (χ0) is 16.9. The Balaban J connectivity index is 1.71. The maximum atomic E-state index is 12.4. The van der Waals surface area contributed by atoms with Gasteiger partial charge in [0.25, 0.3) is 5.56 Å². The molecule has 0 aliphatic rings. The topological polar surface area (TPSA) is 51.1 Å². The van der Waals surface area contributed by atoms with Crippen LogP contribution in [-0.4, -0.2) is 17.0 Å². The molecule has 3 rings (SSSR count). The minimum absolute atomic E-state index is 0.0375. The van der Waals surface area contributed by atoms with Gasteiger partial charge in [-0.05, 0) is 36.4 Å². The minimum atomic E-state index is -0.149. The molecule has 1 aromatic heterocycles. The summed E-state index contributed by atoms with van der Waals surface area (Å²) in [5.41, 5.74) is 2.49. The molecule has 0 unspecified atom stereocenters. The largest absolute Gasteiger partial charge is 0.354 e. The second kappa shape index (κ2) is 7.13. The summed E-state index contributed by atoms with van der Waals surface area (Å²) in [6.07, 6.45) is 0.774. The number of carbonyl (C=O) groups excluding carboxylic acids is 1. The van der Waals surface area contributed by atoms with Crippen molar-refractivity contribution in [2.24, 2.45) is 0 Å². The summed E-state index contributed by atoms with van der Waals surface area (Å²) in [6.45, 7) is 2.37. The number of nitrogens with zero attached hydrogens (tertiary/aromatic N) is 1. The van der Waals surface area contributed by atoms with Gasteiger partial charge in [-0.3, -0.25) is 14.2 Å². The number of benzene rings is 2. The summed E-state index contributed by atoms with van der Waals surface area (Å²) in [6, 6.07) is 19.5. The summed E-state index contributed by atoms with van der Waals surface area (Å²) in [7, 11) is 0. The normalized spacial score (nSPS) is 10.7. The van der Waals surface area contributed by atoms with Crippen molar-refractivity contribution in [3.05, 3.63) is 82.1 Å². The summed E-state index contributed by atoms with van der Waals surface area (Å²) >= 11 is 0. The summed E-state index contributed by atoms with van der Waals surface area (Å²) in [4.78, 5) is 24.6. The molecule has 0 bridgehead atoms. The molecule has 0 spiro atoms. The van der Waals surface area contributed by atoms with Crippen LogP contribution in [0.2, 0.25) is 0 Å². The number of carbonyl (C=O) groups is 1. The van der Waals surface area contributed by atoms with Crippen LogP contribution in [0, 0.1) is 6.92 Å². The van der Waals surface area contributed by atoms with E-state index in [0.29, 0.717) is 12.1 Å². The van der Waals surface area contributed by atoms with Crippen molar-refractivity contribution in [3.63, 3.8) is 0 Å². The van der Waals surface area contributed by atoms with Crippen molar-refractivity contribution in [1.29, 1.82) is 0 Å². The molecule has 4 heteroatoms. The molecule has 2 aromatic carbocycles. The lowest BCUT2D eigenvalue weighted by molar-refractivity contribution is -0.121. The highest BCUT2D eigenvalue weighted by atomic mass is 16.2. The number of aryl methyl sites for hydroxylation is 1. The van der Waals surface area contributed by atoms with Gasteiger partial charge in [-0.2, -0.15) is 0 Å². The van der Waals surface area contributed by atoms with Gasteiger partial charge in [0, 0.05) is 12.1 Å². The molecule has 1 amide bonds. The average Bonchev–Trinajstić information content (AvgIpc) is 2.60. The van der Waals surface area contributed by atoms with Crippen molar-refractivity contribution >= 4 is 16.8 Å². The highest BCUT2D eigenvalue weighted by Gasteiger charge is 2.10. The number of para-hydroxylation sites is 1. The van der Waals surface area contributed by atoms with E-state index in [4.69, 9.17) is 0 Å². The molecule has 0 aliphatic heterocycles. The first-order chi connectivity index (χ1) is 11.6. The number of amides is 1. The van der Waals surface area contributed by atoms with E-state index in [1.807, 2.05) is 60.7 Å². The zero-order valence-electron chi connectivity index (χ0n) is 13.7. The molecular formula is C20H20N2O2. The molecule has 24 heavy (non-hydrogen) atoms. The lowest BCUT2D eigenvalue weighted by Gasteiger charge is -2.12. The van der Waals surface area contributed by atoms with E-state index in [0.717, 1.165) is 17.3 Å². The molecule has 0 radical (unpaired) electrons. The van der Waals surface area contributed by atoms with E-state index in [-0.39, 0.29) is 18.0 Å². The minimum Gasteiger partial charge on any atom is -0.354 e. The van der Waals surface area contributed by atoms with Crippen LogP contribution in [0.1, 0.15) is 11.1 Å². The lowest BCUT2D eigenvalue weighted by Crippen LogP contribution is -2.34. The van der Waals surface area contributed by atoms with Crippen LogP contribution in [0.4, 0.5) is 0 Å². The third-order valence-corrected chi connectivity index (χ3v) is 4.06. The van der Waals surface area contributed by atoms with Crippen LogP contribution in [-0.2, 0) is 17.8 Å². The van der Waals surface area contributed by atoms with Crippen molar-refractivity contribution in [2.75, 3.05) is 6.54 Å². The van der Waals surface area contributed by atoms with Gasteiger partial charge in [0.15, 0.2) is 0 Å². The first kappa shape index (κ1) is 16.0. The smallest absolute Gasteiger partial charge is 0.254 e. The van der Waals surface area contributed by atoms with E-state index >= 15 is 0 Å². The SMILES string of the molecule is Cc1cc2ccccc2n(CC(=O)NCCc2ccccc2)c1=O. The van der Waals surface area contributed by atoms with Gasteiger partial charge in [-0.25, -0.2) is 0 Å². The molecule has 122 valence electrons. The molecule has 3 aromatic rings. The fraction of sp³-hybridized carbons (Fsp3) is 0.200. The highest BCUT2D eigenvalue weighted by Crippen LogP contribution is 2.12. The first-order valence-corrected chi connectivity index (χ1v) is 8.05. The number of hydrogen-bond donors (Lipinski definition) is 1. The van der Waals surface area contributed by atoms with Crippen molar-refractivity contribution in [3.8, 4) is 0 Å². The second-order valence-electron chi connectivity index (χ2n) is 5.86. The highest BCUT2D eigenvalue weighted by molar-refractivity contribution is 5.82. The number of hydrogen-bond acceptors (Lipinski definition) is 2. The molecule has 0 fully saturated rings. The van der Waals surface area contributed by atoms with E-state index in [9.17, 15) is 9.59 Å². The van der Waals surface area contributed by atoms with Crippen LogP contribution in [0.5, 0.6) is 0 Å². The summed E-state index contributed by atoms with van der Waals surface area (Å²) in [5, 5.41) is 3.86. The number of aromatic nitrogens is 1. The molecule has 0 saturated carbocycles. The Kier molecular flexibility index (Phi) is 4.75. The average molecular weight is 320 g/mol. The Morgan fingerprint density at radius 3 is 2.54 bits per heavy atom. The molecular weight excluding hydrogens is 300 g/mol. The van der Waals surface area contributed by atoms with Crippen molar-refractivity contribution in [1.82, 2.24) is 9.88 Å². The fourth-order valence-electron chi connectivity index (χ4n) is 2.82. The van der Waals surface area contributed by atoms with Crippen molar-refractivity contribution < 1.29 is 4.79 Å². The Hall–Kier alpha value is -2.88. The monoisotopic (exact) mass is 320 g/mol. The number of rotatable bonds is 5. The Morgan fingerprint density at radius 1 is 1.04 bits per heavy atom. The Morgan fingerprint density at radius 2 is 1.75 bits per heavy atom. The lowest BCUT2D eigenvalue weighted by atomic mass is 10.1. The predicted octanol–water partition coefficient (Wildman–Crippen LogP) is 2.67. The van der Waals surface area contributed by atoms with Crippen LogP contribution in [0.25, 0.3) is 10.9 Å². The Labute approximate surface area is 140 Å². The molecule has 1 N–H and O–H groups in total. The van der Waals surface area contributed by atoms with E-state index in [1.54, 1.807) is 11.5 Å². The van der Waals surface area contributed by atoms with Crippen LogP contribution in [0.3, 0.4) is 0 Å². The molecule has 0 aliphatic carbocycles. The van der Waals surface area contributed by atoms with Gasteiger partial charge >= 0.3 is 0 Å². The van der Waals surface area contributed by atoms with E-state index < -0.39 is 0 Å². The fourth-order valence-corrected chi connectivity index (χ4v) is 2.82. The van der Waals surface area contributed by atoms with Gasteiger partial charge in [0.2, 0.25) is 5.91 Å². The van der Waals surface area contributed by atoms with E-state index in [1.165, 1.54) is 5.56 Å². The maximum absolute atomic E-state index is 12.4. The third kappa shape index (κ3) is 3.54. The maximum Gasteiger partial charge on any atom is 0.254 e. The van der Waals surface area contributed by atoms with Gasteiger partial charge < -0.3 is 5.32 Å². The molecule has 1 heterocycles. The third-order valence-electron chi connectivity index (χ3n) is 4.06. The van der Waals surface area contributed by atoms with Gasteiger partial charge in [-0.1, -0.05) is 48.5 Å². The van der Waals surface area contributed by atoms with Crippen molar-refractivity contribution in [2.45, 2.75) is 19.9 Å². The van der Waals surface area contributed by atoms with Crippen LogP contribution < -0.4 is 10.9 Å². The number of pyridine rings is 1. The van der Waals surface area contributed by atoms with Gasteiger partial charge in [0.1, 0.15) is 6.54 Å². The van der Waals surface area contributed by atoms with Gasteiger partial charge in [-0.15, -0.1) is 0 Å². The quantitative estimate of drug-likeness (QED) is 0.786. The Bertz CT molecular complexity index is 914. The molecule has 0 saturated heterocycles.